The Morgan fingerprint density at radius 3 is 2.13 bits per heavy atom. The van der Waals surface area contributed by atoms with E-state index >= 15 is 0 Å². The van der Waals surface area contributed by atoms with E-state index < -0.39 is 5.60 Å². The van der Waals surface area contributed by atoms with Crippen molar-refractivity contribution in [2.24, 2.45) is 4.99 Å². The molecule has 31 heavy (non-hydrogen) atoms. The number of carbonyl (C=O) groups excluding carboxylic acids is 1. The van der Waals surface area contributed by atoms with Crippen LogP contribution in [0, 0.1) is 0 Å². The maximum Gasteiger partial charge on any atom is 0.410 e. The summed E-state index contributed by atoms with van der Waals surface area (Å²) in [6.45, 7) is 16.8. The summed E-state index contributed by atoms with van der Waals surface area (Å²) in [5.41, 5.74) is -0.446. The topological polar surface area (TPSA) is 69.2 Å². The number of halogens is 1. The van der Waals surface area contributed by atoms with Crippen LogP contribution in [0.3, 0.4) is 0 Å². The van der Waals surface area contributed by atoms with Gasteiger partial charge in [0, 0.05) is 50.3 Å². The van der Waals surface area contributed by atoms with E-state index in [0.717, 1.165) is 51.2 Å². The molecule has 2 bridgehead atoms. The molecule has 8 heteroatoms. The molecule has 0 saturated carbocycles. The number of fused-ring (bicyclic) bond motifs is 2. The molecule has 2 saturated heterocycles. The van der Waals surface area contributed by atoms with Gasteiger partial charge in [-0.2, -0.15) is 0 Å². The molecule has 2 aliphatic heterocycles. The van der Waals surface area contributed by atoms with Crippen molar-refractivity contribution in [2.45, 2.75) is 116 Å². The SMILES string of the molecule is CN=C(NCCCN(C(C)C)C(C)C)NC1CC2CCC(C1)N2C(=O)OC(C)(C)C.I. The summed E-state index contributed by atoms with van der Waals surface area (Å²) >= 11 is 0. The maximum atomic E-state index is 12.6. The average molecular weight is 552 g/mol. The van der Waals surface area contributed by atoms with Crippen LogP contribution in [0.2, 0.25) is 0 Å². The second kappa shape index (κ2) is 12.5. The van der Waals surface area contributed by atoms with Gasteiger partial charge in [0.15, 0.2) is 5.96 Å². The molecule has 0 aromatic rings. The highest BCUT2D eigenvalue weighted by atomic mass is 127. The van der Waals surface area contributed by atoms with E-state index in [0.29, 0.717) is 18.1 Å². The molecule has 2 fully saturated rings. The number of nitrogens with zero attached hydrogens (tertiary/aromatic N) is 3. The Hall–Kier alpha value is -0.770. The molecule has 2 heterocycles. The first-order chi connectivity index (χ1) is 14.0. The monoisotopic (exact) mass is 551 g/mol. The van der Waals surface area contributed by atoms with Gasteiger partial charge in [-0.1, -0.05) is 0 Å². The van der Waals surface area contributed by atoms with Crippen molar-refractivity contribution in [2.75, 3.05) is 20.1 Å². The van der Waals surface area contributed by atoms with E-state index in [1.54, 1.807) is 0 Å². The summed E-state index contributed by atoms with van der Waals surface area (Å²) in [7, 11) is 1.83. The zero-order chi connectivity index (χ0) is 22.5. The molecule has 182 valence electrons. The molecule has 2 aliphatic rings. The molecule has 2 rings (SSSR count). The highest BCUT2D eigenvalue weighted by Gasteiger charge is 2.45. The third-order valence-corrected chi connectivity index (χ3v) is 6.11. The number of nitrogens with one attached hydrogen (secondary N) is 2. The van der Waals surface area contributed by atoms with Gasteiger partial charge in [0.05, 0.1) is 0 Å². The highest BCUT2D eigenvalue weighted by molar-refractivity contribution is 14.0. The number of piperidine rings is 1. The zero-order valence-corrected chi connectivity index (χ0v) is 23.2. The first kappa shape index (κ1) is 28.3. The minimum absolute atomic E-state index is 0. The van der Waals surface area contributed by atoms with Crippen LogP contribution in [-0.4, -0.2) is 77.8 Å². The van der Waals surface area contributed by atoms with Crippen molar-refractivity contribution in [3.63, 3.8) is 0 Å². The van der Waals surface area contributed by atoms with Gasteiger partial charge in [0.2, 0.25) is 0 Å². The van der Waals surface area contributed by atoms with Gasteiger partial charge in [0.1, 0.15) is 5.60 Å². The number of amides is 1. The average Bonchev–Trinajstić information content (AvgIpc) is 2.89. The van der Waals surface area contributed by atoms with E-state index in [2.05, 4.69) is 48.2 Å². The Morgan fingerprint density at radius 2 is 1.68 bits per heavy atom. The summed E-state index contributed by atoms with van der Waals surface area (Å²) in [5.74, 6) is 0.866. The first-order valence-electron chi connectivity index (χ1n) is 11.8. The minimum Gasteiger partial charge on any atom is -0.444 e. The Bertz CT molecular complexity index is 569. The lowest BCUT2D eigenvalue weighted by Gasteiger charge is -2.40. The standard InChI is InChI=1S/C23H45N5O2.HI/c1-16(2)27(17(3)4)13-9-12-25-21(24-8)26-18-14-19-10-11-20(15-18)28(19)22(29)30-23(5,6)7;/h16-20H,9-15H2,1-8H3,(H2,24,25,26);1H. The third-order valence-electron chi connectivity index (χ3n) is 6.11. The number of rotatable bonds is 7. The van der Waals surface area contributed by atoms with Gasteiger partial charge in [0.25, 0.3) is 0 Å². The van der Waals surface area contributed by atoms with Crippen molar-refractivity contribution < 1.29 is 9.53 Å². The Kier molecular flexibility index (Phi) is 11.4. The molecule has 2 unspecified atom stereocenters. The molecule has 0 radical (unpaired) electrons. The number of guanidine groups is 1. The Morgan fingerprint density at radius 1 is 1.13 bits per heavy atom. The fraction of sp³-hybridized carbons (Fsp3) is 0.913. The fourth-order valence-corrected chi connectivity index (χ4v) is 4.88. The van der Waals surface area contributed by atoms with Crippen LogP contribution in [0.25, 0.3) is 0 Å². The molecule has 0 aromatic heterocycles. The lowest BCUT2D eigenvalue weighted by molar-refractivity contribution is 0.00545. The molecule has 0 spiro atoms. The van der Waals surface area contributed by atoms with Crippen LogP contribution in [-0.2, 0) is 4.74 Å². The molecule has 1 amide bonds. The number of carbonyl (C=O) groups is 1. The van der Waals surface area contributed by atoms with Gasteiger partial charge in [-0.25, -0.2) is 4.79 Å². The molecule has 0 aliphatic carbocycles. The Balaban J connectivity index is 0.00000480. The minimum atomic E-state index is -0.446. The van der Waals surface area contributed by atoms with E-state index in [1.807, 2.05) is 32.7 Å². The van der Waals surface area contributed by atoms with Crippen LogP contribution in [0.15, 0.2) is 4.99 Å². The predicted molar refractivity (Wildman–Crippen MR) is 139 cm³/mol. The van der Waals surface area contributed by atoms with E-state index in [4.69, 9.17) is 4.74 Å². The summed E-state index contributed by atoms with van der Waals surface area (Å²) < 4.78 is 5.64. The van der Waals surface area contributed by atoms with Crippen molar-refractivity contribution in [1.29, 1.82) is 0 Å². The molecule has 7 nitrogen and oxygen atoms in total. The van der Waals surface area contributed by atoms with E-state index in [1.165, 1.54) is 0 Å². The van der Waals surface area contributed by atoms with E-state index in [9.17, 15) is 4.79 Å². The highest BCUT2D eigenvalue weighted by Crippen LogP contribution is 2.36. The predicted octanol–water partition coefficient (Wildman–Crippen LogP) is 4.21. The quantitative estimate of drug-likeness (QED) is 0.215. The van der Waals surface area contributed by atoms with Crippen LogP contribution in [0.5, 0.6) is 0 Å². The number of hydrogen-bond donors (Lipinski definition) is 2. The van der Waals surface area contributed by atoms with Crippen LogP contribution >= 0.6 is 24.0 Å². The van der Waals surface area contributed by atoms with Gasteiger partial charge >= 0.3 is 6.09 Å². The smallest absolute Gasteiger partial charge is 0.410 e. The van der Waals surface area contributed by atoms with Crippen molar-refractivity contribution in [3.8, 4) is 0 Å². The summed E-state index contributed by atoms with van der Waals surface area (Å²) in [6.07, 6.45) is 4.95. The summed E-state index contributed by atoms with van der Waals surface area (Å²) in [5, 5.41) is 7.07. The third kappa shape index (κ3) is 8.59. The van der Waals surface area contributed by atoms with Gasteiger partial charge in [-0.15, -0.1) is 24.0 Å². The largest absolute Gasteiger partial charge is 0.444 e. The number of aliphatic imine (C=N–C) groups is 1. The number of ether oxygens (including phenoxy) is 1. The second-order valence-corrected chi connectivity index (χ2v) is 10.4. The first-order valence-corrected chi connectivity index (χ1v) is 11.8. The van der Waals surface area contributed by atoms with Gasteiger partial charge < -0.3 is 20.3 Å². The maximum absolute atomic E-state index is 12.6. The molecule has 2 atom stereocenters. The molecular formula is C23H46IN5O2. The van der Waals surface area contributed by atoms with Crippen molar-refractivity contribution in [3.05, 3.63) is 0 Å². The van der Waals surface area contributed by atoms with Gasteiger partial charge in [-0.3, -0.25) is 9.89 Å². The molecule has 2 N–H and O–H groups in total. The van der Waals surface area contributed by atoms with Crippen molar-refractivity contribution in [1.82, 2.24) is 20.4 Å². The second-order valence-electron chi connectivity index (χ2n) is 10.4. The van der Waals surface area contributed by atoms with Gasteiger partial charge in [-0.05, 0) is 80.6 Å². The van der Waals surface area contributed by atoms with Crippen LogP contribution in [0.1, 0.15) is 80.6 Å². The van der Waals surface area contributed by atoms with Crippen LogP contribution in [0.4, 0.5) is 4.79 Å². The molecular weight excluding hydrogens is 505 g/mol. The number of hydrogen-bond acceptors (Lipinski definition) is 4. The fourth-order valence-electron chi connectivity index (χ4n) is 4.88. The normalized spacial score (nSPS) is 23.9. The van der Waals surface area contributed by atoms with Crippen molar-refractivity contribution >= 4 is 36.0 Å². The lowest BCUT2D eigenvalue weighted by Crippen LogP contribution is -2.55. The summed E-state index contributed by atoms with van der Waals surface area (Å²) in [6, 6.07) is 2.00. The zero-order valence-electron chi connectivity index (χ0n) is 20.9. The summed E-state index contributed by atoms with van der Waals surface area (Å²) in [4.78, 5) is 21.6. The Labute approximate surface area is 207 Å². The van der Waals surface area contributed by atoms with Crippen LogP contribution < -0.4 is 10.6 Å². The lowest BCUT2D eigenvalue weighted by atomic mass is 9.98. The van der Waals surface area contributed by atoms with E-state index in [-0.39, 0.29) is 42.2 Å². The molecule has 0 aromatic carbocycles.